The van der Waals surface area contributed by atoms with Crippen LogP contribution in [0.3, 0.4) is 0 Å². The zero-order chi connectivity index (χ0) is 13.1. The van der Waals surface area contributed by atoms with Gasteiger partial charge in [-0.15, -0.1) is 11.6 Å². The molecule has 0 fully saturated rings. The third-order valence-corrected chi connectivity index (χ3v) is 2.47. The molecule has 0 aliphatic rings. The number of alkyl halides is 1. The first-order chi connectivity index (χ1) is 7.81. The summed E-state index contributed by atoms with van der Waals surface area (Å²) >= 11 is 5.90. The molecule has 0 saturated carbocycles. The van der Waals surface area contributed by atoms with Crippen LogP contribution in [-0.2, 0) is 9.53 Å². The zero-order valence-corrected chi connectivity index (χ0v) is 10.9. The third-order valence-electron chi connectivity index (χ3n) is 2.05. The maximum absolute atomic E-state index is 11.7. The van der Waals surface area contributed by atoms with Crippen LogP contribution in [0.25, 0.3) is 0 Å². The molecule has 2 atom stereocenters. The van der Waals surface area contributed by atoms with Crippen molar-refractivity contribution in [3.05, 3.63) is 35.9 Å². The van der Waals surface area contributed by atoms with E-state index in [1.54, 1.807) is 45.0 Å². The van der Waals surface area contributed by atoms with E-state index < -0.39 is 23.1 Å². The second-order valence-electron chi connectivity index (χ2n) is 4.79. The first kappa shape index (κ1) is 14.0. The lowest BCUT2D eigenvalue weighted by Gasteiger charge is -2.23. The molecule has 0 aromatic heterocycles. The number of hydrogen-bond acceptors (Lipinski definition) is 3. The minimum Gasteiger partial charge on any atom is -0.459 e. The Morgan fingerprint density at radius 2 is 1.82 bits per heavy atom. The van der Waals surface area contributed by atoms with Crippen LogP contribution >= 0.6 is 11.6 Å². The molecule has 0 spiro atoms. The van der Waals surface area contributed by atoms with Crippen molar-refractivity contribution in [2.24, 2.45) is 0 Å². The van der Waals surface area contributed by atoms with Crippen LogP contribution in [-0.4, -0.2) is 22.1 Å². The Kier molecular flexibility index (Phi) is 4.54. The predicted octanol–water partition coefficient (Wildman–Crippen LogP) is 2.67. The van der Waals surface area contributed by atoms with Crippen molar-refractivity contribution in [2.75, 3.05) is 0 Å². The van der Waals surface area contributed by atoms with Crippen LogP contribution in [0.1, 0.15) is 32.4 Å². The van der Waals surface area contributed by atoms with E-state index >= 15 is 0 Å². The smallest absolute Gasteiger partial charge is 0.327 e. The van der Waals surface area contributed by atoms with E-state index in [2.05, 4.69) is 0 Å². The quantitative estimate of drug-likeness (QED) is 0.668. The van der Waals surface area contributed by atoms with E-state index in [0.29, 0.717) is 5.56 Å². The van der Waals surface area contributed by atoms with Crippen LogP contribution in [0.4, 0.5) is 0 Å². The van der Waals surface area contributed by atoms with Gasteiger partial charge in [-0.3, -0.25) is 4.79 Å². The van der Waals surface area contributed by atoms with Gasteiger partial charge in [-0.25, -0.2) is 0 Å². The maximum atomic E-state index is 11.7. The Morgan fingerprint density at radius 3 is 2.29 bits per heavy atom. The highest BCUT2D eigenvalue weighted by molar-refractivity contribution is 6.30. The minimum atomic E-state index is -1.10. The van der Waals surface area contributed by atoms with Crippen LogP contribution in [0.2, 0.25) is 0 Å². The molecule has 94 valence electrons. The Hall–Kier alpha value is -1.06. The Bertz CT molecular complexity index is 370. The van der Waals surface area contributed by atoms with E-state index in [-0.39, 0.29) is 0 Å². The number of rotatable bonds is 3. The van der Waals surface area contributed by atoms with Crippen molar-refractivity contribution < 1.29 is 14.6 Å². The molecule has 17 heavy (non-hydrogen) atoms. The van der Waals surface area contributed by atoms with Gasteiger partial charge < -0.3 is 9.84 Å². The monoisotopic (exact) mass is 256 g/mol. The molecule has 4 heteroatoms. The molecule has 1 rings (SSSR count). The summed E-state index contributed by atoms with van der Waals surface area (Å²) < 4.78 is 5.11. The van der Waals surface area contributed by atoms with E-state index in [9.17, 15) is 9.90 Å². The fraction of sp³-hybridized carbons (Fsp3) is 0.462. The average Bonchev–Trinajstić information content (AvgIpc) is 2.26. The predicted molar refractivity (Wildman–Crippen MR) is 66.9 cm³/mol. The van der Waals surface area contributed by atoms with Gasteiger partial charge in [0.2, 0.25) is 0 Å². The molecule has 0 bridgehead atoms. The van der Waals surface area contributed by atoms with Crippen LogP contribution in [0.15, 0.2) is 30.3 Å². The summed E-state index contributed by atoms with van der Waals surface area (Å²) in [7, 11) is 0. The lowest BCUT2D eigenvalue weighted by atomic mass is 10.1. The first-order valence-electron chi connectivity index (χ1n) is 5.41. The van der Waals surface area contributed by atoms with E-state index in [1.807, 2.05) is 6.07 Å². The molecule has 0 amide bonds. The number of esters is 1. The van der Waals surface area contributed by atoms with Crippen LogP contribution in [0, 0.1) is 0 Å². The molecule has 0 saturated heterocycles. The molecule has 1 unspecified atom stereocenters. The number of halogens is 1. The second-order valence-corrected chi connectivity index (χ2v) is 5.26. The van der Waals surface area contributed by atoms with Gasteiger partial charge in [-0.05, 0) is 26.3 Å². The van der Waals surface area contributed by atoms with Crippen molar-refractivity contribution in [3.63, 3.8) is 0 Å². The van der Waals surface area contributed by atoms with Crippen molar-refractivity contribution >= 4 is 17.6 Å². The van der Waals surface area contributed by atoms with Gasteiger partial charge >= 0.3 is 5.97 Å². The zero-order valence-electron chi connectivity index (χ0n) is 10.2. The molecular formula is C13H17ClO3. The number of benzene rings is 1. The minimum absolute atomic E-state index is 0.596. The van der Waals surface area contributed by atoms with E-state index in [0.717, 1.165) is 0 Å². The number of carbonyl (C=O) groups is 1. The van der Waals surface area contributed by atoms with Gasteiger partial charge in [0.15, 0.2) is 5.38 Å². The molecule has 1 aromatic carbocycles. The Morgan fingerprint density at radius 1 is 1.29 bits per heavy atom. The van der Waals surface area contributed by atoms with E-state index in [4.69, 9.17) is 16.3 Å². The normalized spacial score (nSPS) is 15.1. The standard InChI is InChI=1S/C13H17ClO3/c1-13(2,3)17-12(16)10(14)11(15)9-7-5-4-6-8-9/h4-8,10-11,15H,1-3H3/t10?,11-/m0/s1. The van der Waals surface area contributed by atoms with Crippen molar-refractivity contribution in [1.29, 1.82) is 0 Å². The summed E-state index contributed by atoms with van der Waals surface area (Å²) in [6, 6.07) is 8.80. The van der Waals surface area contributed by atoms with Crippen LogP contribution < -0.4 is 0 Å². The summed E-state index contributed by atoms with van der Waals surface area (Å²) in [5.41, 5.74) is -0.0148. The van der Waals surface area contributed by atoms with Gasteiger partial charge in [0.05, 0.1) is 0 Å². The molecule has 0 radical (unpaired) electrons. The third kappa shape index (κ3) is 4.36. The fourth-order valence-corrected chi connectivity index (χ4v) is 1.50. The summed E-state index contributed by atoms with van der Waals surface area (Å²) in [5, 5.41) is 8.82. The molecule has 3 nitrogen and oxygen atoms in total. The van der Waals surface area contributed by atoms with Crippen molar-refractivity contribution in [3.8, 4) is 0 Å². The molecule has 1 N–H and O–H groups in total. The number of ether oxygens (including phenoxy) is 1. The van der Waals surface area contributed by atoms with Gasteiger partial charge in [0.25, 0.3) is 0 Å². The topological polar surface area (TPSA) is 46.5 Å². The second kappa shape index (κ2) is 5.52. The number of carbonyl (C=O) groups excluding carboxylic acids is 1. The molecule has 1 aromatic rings. The fourth-order valence-electron chi connectivity index (χ4n) is 1.31. The SMILES string of the molecule is CC(C)(C)OC(=O)C(Cl)[C@@H](O)c1ccccc1. The Labute approximate surface area is 106 Å². The summed E-state index contributed by atoms with van der Waals surface area (Å²) in [6.07, 6.45) is -1.06. The van der Waals surface area contributed by atoms with Crippen LogP contribution in [0.5, 0.6) is 0 Å². The summed E-state index contributed by atoms with van der Waals surface area (Å²) in [5.74, 6) is -0.615. The lowest BCUT2D eigenvalue weighted by molar-refractivity contribution is -0.156. The molecule has 0 aliphatic carbocycles. The first-order valence-corrected chi connectivity index (χ1v) is 5.85. The van der Waals surface area contributed by atoms with Gasteiger partial charge in [0, 0.05) is 0 Å². The van der Waals surface area contributed by atoms with Gasteiger partial charge in [-0.2, -0.15) is 0 Å². The molecule has 0 aliphatic heterocycles. The highest BCUT2D eigenvalue weighted by Gasteiger charge is 2.30. The Balaban J connectivity index is 2.70. The summed E-state index contributed by atoms with van der Waals surface area (Å²) in [6.45, 7) is 5.26. The highest BCUT2D eigenvalue weighted by atomic mass is 35.5. The largest absolute Gasteiger partial charge is 0.459 e. The van der Waals surface area contributed by atoms with Gasteiger partial charge in [0.1, 0.15) is 11.7 Å². The number of hydrogen-bond donors (Lipinski definition) is 1. The van der Waals surface area contributed by atoms with Crippen molar-refractivity contribution in [2.45, 2.75) is 37.9 Å². The van der Waals surface area contributed by atoms with E-state index in [1.165, 1.54) is 0 Å². The lowest BCUT2D eigenvalue weighted by Crippen LogP contribution is -2.32. The maximum Gasteiger partial charge on any atom is 0.327 e. The molecule has 0 heterocycles. The molecular weight excluding hydrogens is 240 g/mol. The number of aliphatic hydroxyl groups is 1. The average molecular weight is 257 g/mol. The van der Waals surface area contributed by atoms with Crippen molar-refractivity contribution in [1.82, 2.24) is 0 Å². The summed E-state index contributed by atoms with van der Waals surface area (Å²) in [4.78, 5) is 11.7. The van der Waals surface area contributed by atoms with Gasteiger partial charge in [-0.1, -0.05) is 30.3 Å². The number of aliphatic hydroxyl groups excluding tert-OH is 1. The highest BCUT2D eigenvalue weighted by Crippen LogP contribution is 2.23.